The third-order valence-corrected chi connectivity index (χ3v) is 6.68. The minimum atomic E-state index is 0.414. The molecule has 4 heterocycles. The number of pyridine rings is 2. The van der Waals surface area contributed by atoms with Crippen LogP contribution in [0.15, 0.2) is 49.1 Å². The van der Waals surface area contributed by atoms with Crippen molar-refractivity contribution in [1.82, 2.24) is 24.8 Å². The lowest BCUT2D eigenvalue weighted by molar-refractivity contribution is 0.147. The van der Waals surface area contributed by atoms with Crippen molar-refractivity contribution >= 4 is 22.3 Å². The average Bonchev–Trinajstić information content (AvgIpc) is 3.37. The average molecular weight is 463 g/mol. The van der Waals surface area contributed by atoms with Crippen molar-refractivity contribution in [3.8, 4) is 23.3 Å². The van der Waals surface area contributed by atoms with Gasteiger partial charge in [0, 0.05) is 85.2 Å². The molecule has 0 unspecified atom stereocenters. The molecule has 1 aliphatic heterocycles. The van der Waals surface area contributed by atoms with Crippen LogP contribution in [0.3, 0.4) is 0 Å². The predicted octanol–water partition coefficient (Wildman–Crippen LogP) is 4.17. The monoisotopic (exact) mass is 462 g/mol. The molecule has 35 heavy (non-hydrogen) atoms. The SMILES string of the molecule is Cc1c(Nc2c(C#N)cncc2-c2cc(CN3CCN(C)CC3)ncc2C#N)ccc2[nH]ccc12. The van der Waals surface area contributed by atoms with Crippen LogP contribution in [0.4, 0.5) is 11.4 Å². The molecular formula is C27H26N8. The summed E-state index contributed by atoms with van der Waals surface area (Å²) in [7, 11) is 2.13. The number of anilines is 2. The number of nitrogens with one attached hydrogen (secondary N) is 2. The van der Waals surface area contributed by atoms with Gasteiger partial charge in [-0.25, -0.2) is 0 Å². The van der Waals surface area contributed by atoms with E-state index in [-0.39, 0.29) is 0 Å². The lowest BCUT2D eigenvalue weighted by Crippen LogP contribution is -2.44. The summed E-state index contributed by atoms with van der Waals surface area (Å²) in [6.45, 7) is 6.77. The van der Waals surface area contributed by atoms with E-state index in [0.29, 0.717) is 28.9 Å². The van der Waals surface area contributed by atoms with Crippen LogP contribution in [0.2, 0.25) is 0 Å². The molecule has 8 heteroatoms. The number of nitriles is 2. The van der Waals surface area contributed by atoms with Crippen molar-refractivity contribution in [2.75, 3.05) is 38.5 Å². The number of rotatable bonds is 5. The van der Waals surface area contributed by atoms with Gasteiger partial charge in [-0.05, 0) is 43.8 Å². The fourth-order valence-electron chi connectivity index (χ4n) is 4.57. The van der Waals surface area contributed by atoms with Crippen LogP contribution in [0.5, 0.6) is 0 Å². The Kier molecular flexibility index (Phi) is 6.15. The van der Waals surface area contributed by atoms with Crippen LogP contribution in [0, 0.1) is 29.6 Å². The van der Waals surface area contributed by atoms with E-state index in [9.17, 15) is 10.5 Å². The number of likely N-dealkylation sites (N-methyl/N-ethyl adjacent to an activating group) is 1. The highest BCUT2D eigenvalue weighted by Gasteiger charge is 2.19. The van der Waals surface area contributed by atoms with Gasteiger partial charge in [0.25, 0.3) is 0 Å². The maximum Gasteiger partial charge on any atom is 0.103 e. The summed E-state index contributed by atoms with van der Waals surface area (Å²) in [4.78, 5) is 16.8. The lowest BCUT2D eigenvalue weighted by Gasteiger charge is -2.32. The number of aromatic amines is 1. The maximum atomic E-state index is 9.87. The first-order chi connectivity index (χ1) is 17.1. The van der Waals surface area contributed by atoms with Gasteiger partial charge in [0.2, 0.25) is 0 Å². The van der Waals surface area contributed by atoms with Crippen LogP contribution in [0.25, 0.3) is 22.0 Å². The van der Waals surface area contributed by atoms with Gasteiger partial charge in [-0.2, -0.15) is 10.5 Å². The highest BCUT2D eigenvalue weighted by Crippen LogP contribution is 2.36. The standard InChI is InChI=1S/C27H26N8/c1-18-22-5-6-31-26(22)4-3-25(18)33-27-20(13-29)14-30-16-24(27)23-11-21(32-15-19(23)12-28)17-35-9-7-34(2)8-10-35/h3-6,11,14-16,31H,7-10,17H2,1-2H3,(H,30,33). The van der Waals surface area contributed by atoms with Crippen LogP contribution < -0.4 is 5.32 Å². The molecule has 0 saturated carbocycles. The van der Waals surface area contributed by atoms with Crippen molar-refractivity contribution in [1.29, 1.82) is 10.5 Å². The Hall–Kier alpha value is -4.24. The second-order valence-electron chi connectivity index (χ2n) is 8.94. The van der Waals surface area contributed by atoms with E-state index in [4.69, 9.17) is 0 Å². The molecule has 8 nitrogen and oxygen atoms in total. The molecule has 0 amide bonds. The van der Waals surface area contributed by atoms with E-state index in [2.05, 4.69) is 49.3 Å². The van der Waals surface area contributed by atoms with Crippen LogP contribution in [-0.4, -0.2) is 58.0 Å². The van der Waals surface area contributed by atoms with Crippen molar-refractivity contribution in [2.24, 2.45) is 0 Å². The Balaban J connectivity index is 1.56. The quantitative estimate of drug-likeness (QED) is 0.458. The van der Waals surface area contributed by atoms with Crippen LogP contribution in [-0.2, 0) is 6.54 Å². The van der Waals surface area contributed by atoms with E-state index in [1.165, 1.54) is 0 Å². The topological polar surface area (TPSA) is 108 Å². The van der Waals surface area contributed by atoms with Crippen LogP contribution in [0.1, 0.15) is 22.4 Å². The molecular weight excluding hydrogens is 436 g/mol. The molecule has 174 valence electrons. The van der Waals surface area contributed by atoms with Gasteiger partial charge in [0.15, 0.2) is 0 Å². The van der Waals surface area contributed by atoms with E-state index >= 15 is 0 Å². The van der Waals surface area contributed by atoms with Gasteiger partial charge in [-0.15, -0.1) is 0 Å². The van der Waals surface area contributed by atoms with Gasteiger partial charge in [0.1, 0.15) is 12.1 Å². The molecule has 4 aromatic rings. The molecule has 1 aromatic carbocycles. The fraction of sp³-hybridized carbons (Fsp3) is 0.259. The largest absolute Gasteiger partial charge is 0.361 e. The van der Waals surface area contributed by atoms with Gasteiger partial charge in [-0.3, -0.25) is 14.9 Å². The molecule has 0 radical (unpaired) electrons. The van der Waals surface area contributed by atoms with Crippen molar-refractivity contribution in [2.45, 2.75) is 13.5 Å². The maximum absolute atomic E-state index is 9.87. The summed E-state index contributed by atoms with van der Waals surface area (Å²) < 4.78 is 0. The summed E-state index contributed by atoms with van der Waals surface area (Å²) in [6, 6.07) is 12.5. The molecule has 0 aliphatic carbocycles. The third kappa shape index (κ3) is 4.45. The second-order valence-corrected chi connectivity index (χ2v) is 8.94. The van der Waals surface area contributed by atoms with E-state index < -0.39 is 0 Å². The summed E-state index contributed by atoms with van der Waals surface area (Å²) in [5.74, 6) is 0. The Labute approximate surface area is 204 Å². The first-order valence-electron chi connectivity index (χ1n) is 11.6. The minimum absolute atomic E-state index is 0.414. The number of hydrogen-bond donors (Lipinski definition) is 2. The smallest absolute Gasteiger partial charge is 0.103 e. The molecule has 1 aliphatic rings. The lowest BCUT2D eigenvalue weighted by atomic mass is 9.98. The molecule has 3 aromatic heterocycles. The molecule has 0 bridgehead atoms. The van der Waals surface area contributed by atoms with Gasteiger partial charge in [0.05, 0.1) is 22.5 Å². The first kappa shape index (κ1) is 22.5. The Morgan fingerprint density at radius 3 is 2.57 bits per heavy atom. The zero-order valence-electron chi connectivity index (χ0n) is 19.8. The van der Waals surface area contributed by atoms with Gasteiger partial charge < -0.3 is 15.2 Å². The summed E-state index contributed by atoms with van der Waals surface area (Å²) >= 11 is 0. The van der Waals surface area contributed by atoms with E-state index in [1.54, 1.807) is 18.6 Å². The highest BCUT2D eigenvalue weighted by atomic mass is 15.2. The minimum Gasteiger partial charge on any atom is -0.361 e. The number of nitrogens with zero attached hydrogens (tertiary/aromatic N) is 6. The van der Waals surface area contributed by atoms with Gasteiger partial charge >= 0.3 is 0 Å². The molecule has 0 atom stereocenters. The fourth-order valence-corrected chi connectivity index (χ4v) is 4.57. The summed E-state index contributed by atoms with van der Waals surface area (Å²) in [6.07, 6.45) is 6.80. The Morgan fingerprint density at radius 2 is 1.80 bits per heavy atom. The molecule has 5 rings (SSSR count). The number of aryl methyl sites for hydroxylation is 1. The normalized spacial score (nSPS) is 14.5. The molecule has 1 fully saturated rings. The zero-order chi connectivity index (χ0) is 24.4. The number of fused-ring (bicyclic) bond motifs is 1. The van der Waals surface area contributed by atoms with E-state index in [0.717, 1.165) is 59.6 Å². The van der Waals surface area contributed by atoms with Gasteiger partial charge in [-0.1, -0.05) is 0 Å². The predicted molar refractivity (Wildman–Crippen MR) is 136 cm³/mol. The number of piperazine rings is 1. The van der Waals surface area contributed by atoms with Crippen molar-refractivity contribution < 1.29 is 0 Å². The Bertz CT molecular complexity index is 1470. The number of aromatic nitrogens is 3. The number of hydrogen-bond acceptors (Lipinski definition) is 7. The third-order valence-electron chi connectivity index (χ3n) is 6.68. The summed E-state index contributed by atoms with van der Waals surface area (Å²) in [5.41, 5.74) is 6.83. The highest BCUT2D eigenvalue weighted by molar-refractivity contribution is 5.92. The van der Waals surface area contributed by atoms with E-state index in [1.807, 2.05) is 37.4 Å². The number of benzene rings is 1. The molecule has 1 saturated heterocycles. The van der Waals surface area contributed by atoms with Crippen LogP contribution >= 0.6 is 0 Å². The zero-order valence-corrected chi connectivity index (χ0v) is 19.8. The first-order valence-corrected chi connectivity index (χ1v) is 11.6. The number of H-pyrrole nitrogens is 1. The van der Waals surface area contributed by atoms with Crippen molar-refractivity contribution in [3.05, 3.63) is 71.4 Å². The Morgan fingerprint density at radius 1 is 1.00 bits per heavy atom. The second kappa shape index (κ2) is 9.55. The molecule has 0 spiro atoms. The van der Waals surface area contributed by atoms with Crippen molar-refractivity contribution in [3.63, 3.8) is 0 Å². The molecule has 2 N–H and O–H groups in total. The summed E-state index contributed by atoms with van der Waals surface area (Å²) in [5, 5.41) is 24.3.